The van der Waals surface area contributed by atoms with Gasteiger partial charge in [0.05, 0.1) is 0 Å². The summed E-state index contributed by atoms with van der Waals surface area (Å²) in [4.78, 5) is 27.5. The Kier molecular flexibility index (Phi) is 6.04. The van der Waals surface area contributed by atoms with Gasteiger partial charge in [0.2, 0.25) is 11.8 Å². The van der Waals surface area contributed by atoms with Crippen LogP contribution in [0.2, 0.25) is 5.02 Å². The van der Waals surface area contributed by atoms with Crippen LogP contribution in [0.3, 0.4) is 0 Å². The first-order valence-corrected chi connectivity index (χ1v) is 8.09. The van der Waals surface area contributed by atoms with Crippen LogP contribution in [0.25, 0.3) is 0 Å². The average molecular weight is 336 g/mol. The zero-order chi connectivity index (χ0) is 16.8. The van der Waals surface area contributed by atoms with Gasteiger partial charge in [0.1, 0.15) is 0 Å². The first kappa shape index (κ1) is 17.3. The third-order valence-electron chi connectivity index (χ3n) is 3.94. The van der Waals surface area contributed by atoms with E-state index in [0.29, 0.717) is 24.5 Å². The van der Waals surface area contributed by atoms with Gasteiger partial charge < -0.3 is 15.1 Å². The number of rotatable bonds is 5. The third kappa shape index (κ3) is 4.73. The molecule has 0 aromatic heterocycles. The second-order valence-electron chi connectivity index (χ2n) is 5.61. The van der Waals surface area contributed by atoms with Crippen molar-refractivity contribution in [1.29, 1.82) is 0 Å². The van der Waals surface area contributed by atoms with Gasteiger partial charge in [-0.3, -0.25) is 9.59 Å². The van der Waals surface area contributed by atoms with Gasteiger partial charge in [-0.05, 0) is 31.2 Å². The monoisotopic (exact) mass is 335 g/mol. The number of halogens is 1. The second-order valence-corrected chi connectivity index (χ2v) is 6.04. The summed E-state index contributed by atoms with van der Waals surface area (Å²) in [5.41, 5.74) is 1.08. The van der Waals surface area contributed by atoms with Crippen LogP contribution < -0.4 is 10.2 Å². The molecule has 1 unspecified atom stereocenters. The first-order chi connectivity index (χ1) is 11.0. The maximum Gasteiger partial charge on any atom is 0.243 e. The van der Waals surface area contributed by atoms with Crippen LogP contribution in [-0.4, -0.2) is 48.9 Å². The van der Waals surface area contributed by atoms with E-state index in [2.05, 4.69) is 16.8 Å². The van der Waals surface area contributed by atoms with E-state index < -0.39 is 0 Å². The van der Waals surface area contributed by atoms with Crippen molar-refractivity contribution in [3.63, 3.8) is 0 Å². The van der Waals surface area contributed by atoms with Crippen LogP contribution in [0.5, 0.6) is 0 Å². The highest BCUT2D eigenvalue weighted by Gasteiger charge is 2.27. The standard InChI is InChI=1S/C17H22ClN3O2/c1-3-16(22)19-8-7-17(23)21-10-9-20(12-13(21)2)15-6-4-5-14(18)11-15/h3-6,11,13H,1,7-10,12H2,2H3,(H,19,22). The summed E-state index contributed by atoms with van der Waals surface area (Å²) in [6, 6.07) is 7.87. The van der Waals surface area contributed by atoms with Crippen molar-refractivity contribution < 1.29 is 9.59 Å². The molecule has 1 aliphatic heterocycles. The minimum atomic E-state index is -0.253. The van der Waals surface area contributed by atoms with Gasteiger partial charge >= 0.3 is 0 Å². The summed E-state index contributed by atoms with van der Waals surface area (Å²) < 4.78 is 0. The number of carbonyl (C=O) groups excluding carboxylic acids is 2. The molecular formula is C17H22ClN3O2. The van der Waals surface area contributed by atoms with Crippen LogP contribution in [0, 0.1) is 0 Å². The Balaban J connectivity index is 1.87. The second kappa shape index (κ2) is 8.02. The average Bonchev–Trinajstić information content (AvgIpc) is 2.54. The highest BCUT2D eigenvalue weighted by Crippen LogP contribution is 2.22. The maximum atomic E-state index is 12.3. The number of nitrogens with zero attached hydrogens (tertiary/aromatic N) is 2. The largest absolute Gasteiger partial charge is 0.368 e. The van der Waals surface area contributed by atoms with Crippen molar-refractivity contribution in [2.75, 3.05) is 31.1 Å². The summed E-state index contributed by atoms with van der Waals surface area (Å²) in [6.07, 6.45) is 1.51. The molecule has 1 aromatic rings. The number of hydrogen-bond donors (Lipinski definition) is 1. The minimum Gasteiger partial charge on any atom is -0.368 e. The van der Waals surface area contributed by atoms with Gasteiger partial charge in [-0.25, -0.2) is 0 Å². The van der Waals surface area contributed by atoms with Crippen molar-refractivity contribution in [2.45, 2.75) is 19.4 Å². The topological polar surface area (TPSA) is 52.7 Å². The van der Waals surface area contributed by atoms with Crippen LogP contribution in [0.15, 0.2) is 36.9 Å². The van der Waals surface area contributed by atoms with Gasteiger partial charge in [0.15, 0.2) is 0 Å². The smallest absolute Gasteiger partial charge is 0.243 e. The van der Waals surface area contributed by atoms with Crippen molar-refractivity contribution >= 4 is 29.1 Å². The molecule has 5 nitrogen and oxygen atoms in total. The van der Waals surface area contributed by atoms with E-state index in [0.717, 1.165) is 18.8 Å². The van der Waals surface area contributed by atoms with Crippen LogP contribution in [0.1, 0.15) is 13.3 Å². The van der Waals surface area contributed by atoms with Crippen molar-refractivity contribution in [1.82, 2.24) is 10.2 Å². The molecular weight excluding hydrogens is 314 g/mol. The first-order valence-electron chi connectivity index (χ1n) is 7.71. The molecule has 0 bridgehead atoms. The zero-order valence-electron chi connectivity index (χ0n) is 13.3. The molecule has 0 spiro atoms. The van der Waals surface area contributed by atoms with Crippen molar-refractivity contribution in [2.24, 2.45) is 0 Å². The maximum absolute atomic E-state index is 12.3. The predicted molar refractivity (Wildman–Crippen MR) is 92.7 cm³/mol. The highest BCUT2D eigenvalue weighted by atomic mass is 35.5. The van der Waals surface area contributed by atoms with Crippen LogP contribution in [-0.2, 0) is 9.59 Å². The Bertz CT molecular complexity index is 591. The Morgan fingerprint density at radius 3 is 2.87 bits per heavy atom. The lowest BCUT2D eigenvalue weighted by atomic mass is 10.1. The normalized spacial score (nSPS) is 17.7. The fourth-order valence-electron chi connectivity index (χ4n) is 2.74. The molecule has 23 heavy (non-hydrogen) atoms. The van der Waals surface area contributed by atoms with Crippen molar-refractivity contribution in [3.05, 3.63) is 41.9 Å². The molecule has 124 valence electrons. The predicted octanol–water partition coefficient (Wildman–Crippen LogP) is 2.07. The SMILES string of the molecule is C=CC(=O)NCCC(=O)N1CCN(c2cccc(Cl)c2)CC1C. The molecule has 1 atom stereocenters. The molecule has 1 heterocycles. The van der Waals surface area contributed by atoms with E-state index in [1.54, 1.807) is 0 Å². The summed E-state index contributed by atoms with van der Waals surface area (Å²) in [6.45, 7) is 7.97. The quantitative estimate of drug-likeness (QED) is 0.838. The molecule has 1 aliphatic rings. The summed E-state index contributed by atoms with van der Waals surface area (Å²) in [5, 5.41) is 3.34. The molecule has 0 saturated carbocycles. The molecule has 1 aromatic carbocycles. The lowest BCUT2D eigenvalue weighted by Crippen LogP contribution is -2.54. The third-order valence-corrected chi connectivity index (χ3v) is 4.18. The number of carbonyl (C=O) groups is 2. The van der Waals surface area contributed by atoms with E-state index >= 15 is 0 Å². The van der Waals surface area contributed by atoms with Crippen LogP contribution in [0.4, 0.5) is 5.69 Å². The number of amides is 2. The number of nitrogens with one attached hydrogen (secondary N) is 1. The Morgan fingerprint density at radius 1 is 1.43 bits per heavy atom. The summed E-state index contributed by atoms with van der Waals surface area (Å²) in [5.74, 6) is -0.191. The van der Waals surface area contributed by atoms with Crippen molar-refractivity contribution in [3.8, 4) is 0 Å². The molecule has 1 saturated heterocycles. The van der Waals surface area contributed by atoms with E-state index in [-0.39, 0.29) is 17.9 Å². The molecule has 6 heteroatoms. The van der Waals surface area contributed by atoms with E-state index in [1.807, 2.05) is 36.1 Å². The molecule has 0 radical (unpaired) electrons. The van der Waals surface area contributed by atoms with Gasteiger partial charge in [-0.1, -0.05) is 24.2 Å². The summed E-state index contributed by atoms with van der Waals surface area (Å²) >= 11 is 6.04. The Labute approximate surface area is 141 Å². The van der Waals surface area contributed by atoms with Crippen LogP contribution >= 0.6 is 11.6 Å². The van der Waals surface area contributed by atoms with E-state index in [1.165, 1.54) is 6.08 Å². The van der Waals surface area contributed by atoms with E-state index in [4.69, 9.17) is 11.6 Å². The summed E-state index contributed by atoms with van der Waals surface area (Å²) in [7, 11) is 0. The van der Waals surface area contributed by atoms with Gasteiger partial charge in [0.25, 0.3) is 0 Å². The number of anilines is 1. The molecule has 0 aliphatic carbocycles. The Hall–Kier alpha value is -2.01. The fraction of sp³-hybridized carbons (Fsp3) is 0.412. The molecule has 1 N–H and O–H groups in total. The number of piperazine rings is 1. The zero-order valence-corrected chi connectivity index (χ0v) is 14.1. The van der Waals surface area contributed by atoms with E-state index in [9.17, 15) is 9.59 Å². The Morgan fingerprint density at radius 2 is 2.22 bits per heavy atom. The fourth-order valence-corrected chi connectivity index (χ4v) is 2.93. The lowest BCUT2D eigenvalue weighted by molar-refractivity contribution is -0.133. The molecule has 1 fully saturated rings. The minimum absolute atomic E-state index is 0.0626. The van der Waals surface area contributed by atoms with Gasteiger partial charge in [-0.15, -0.1) is 0 Å². The molecule has 2 rings (SSSR count). The van der Waals surface area contributed by atoms with Gasteiger partial charge in [0, 0.05) is 49.4 Å². The molecule has 2 amide bonds. The lowest BCUT2D eigenvalue weighted by Gasteiger charge is -2.41. The number of hydrogen-bond acceptors (Lipinski definition) is 3. The number of benzene rings is 1. The van der Waals surface area contributed by atoms with Gasteiger partial charge in [-0.2, -0.15) is 0 Å². The highest BCUT2D eigenvalue weighted by molar-refractivity contribution is 6.30.